The number of hydrogen-bond acceptors (Lipinski definition) is 2. The smallest absolute Gasteiger partial charge is 0.0221 e. The summed E-state index contributed by atoms with van der Waals surface area (Å²) in [6.45, 7) is 6.04. The summed E-state index contributed by atoms with van der Waals surface area (Å²) in [4.78, 5) is 0. The quantitative estimate of drug-likeness (QED) is 0.602. The minimum atomic E-state index is 0.690. The normalized spacial score (nSPS) is 29.1. The van der Waals surface area contributed by atoms with Crippen molar-refractivity contribution in [1.29, 1.82) is 0 Å². The highest BCUT2D eigenvalue weighted by Gasteiger charge is 2.24. The monoisotopic (exact) mass is 168 g/mol. The summed E-state index contributed by atoms with van der Waals surface area (Å²) in [6, 6.07) is 0.690. The molecule has 1 fully saturated rings. The summed E-state index contributed by atoms with van der Waals surface area (Å²) >= 11 is 0. The lowest BCUT2D eigenvalue weighted by atomic mass is 9.95. The van der Waals surface area contributed by atoms with E-state index in [2.05, 4.69) is 17.2 Å². The van der Waals surface area contributed by atoms with Gasteiger partial charge >= 0.3 is 0 Å². The second-order valence-electron chi connectivity index (χ2n) is 3.53. The van der Waals surface area contributed by atoms with Crippen LogP contribution < -0.4 is 10.6 Å². The van der Waals surface area contributed by atoms with Crippen molar-refractivity contribution in [3.05, 3.63) is 12.7 Å². The molecule has 1 rings (SSSR count). The lowest BCUT2D eigenvalue weighted by Gasteiger charge is -2.18. The van der Waals surface area contributed by atoms with Crippen LogP contribution in [-0.4, -0.2) is 26.2 Å². The zero-order chi connectivity index (χ0) is 8.81. The Morgan fingerprint density at radius 1 is 1.67 bits per heavy atom. The third-order valence-corrected chi connectivity index (χ3v) is 2.66. The molecule has 1 aliphatic rings. The van der Waals surface area contributed by atoms with Crippen LogP contribution in [0.25, 0.3) is 0 Å². The second-order valence-corrected chi connectivity index (χ2v) is 3.53. The van der Waals surface area contributed by atoms with Crippen LogP contribution in [0.4, 0.5) is 0 Å². The van der Waals surface area contributed by atoms with Gasteiger partial charge < -0.3 is 10.6 Å². The van der Waals surface area contributed by atoms with Gasteiger partial charge in [0.15, 0.2) is 0 Å². The lowest BCUT2D eigenvalue weighted by Crippen LogP contribution is -2.36. The lowest BCUT2D eigenvalue weighted by molar-refractivity contribution is 0.411. The first-order chi connectivity index (χ1) is 5.88. The minimum Gasteiger partial charge on any atom is -0.318 e. The van der Waals surface area contributed by atoms with Crippen molar-refractivity contribution >= 4 is 0 Å². The molecule has 2 atom stereocenters. The summed E-state index contributed by atoms with van der Waals surface area (Å²) in [7, 11) is 2.02. The standard InChI is InChI=1S/C10H20N2/c1-3-4-5-9-6-7-12-10(9)8-11-2/h3,9-12H,1,4-8H2,2H3. The molecule has 0 radical (unpaired) electrons. The Morgan fingerprint density at radius 2 is 2.50 bits per heavy atom. The summed E-state index contributed by atoms with van der Waals surface area (Å²) in [5.41, 5.74) is 0. The molecular weight excluding hydrogens is 148 g/mol. The van der Waals surface area contributed by atoms with Crippen molar-refractivity contribution in [1.82, 2.24) is 10.6 Å². The molecule has 70 valence electrons. The maximum atomic E-state index is 3.76. The van der Waals surface area contributed by atoms with E-state index in [9.17, 15) is 0 Å². The van der Waals surface area contributed by atoms with Gasteiger partial charge in [0.25, 0.3) is 0 Å². The molecule has 0 bridgehead atoms. The van der Waals surface area contributed by atoms with Gasteiger partial charge in [0, 0.05) is 12.6 Å². The molecule has 1 aliphatic heterocycles. The Labute approximate surface area is 75.4 Å². The minimum absolute atomic E-state index is 0.690. The van der Waals surface area contributed by atoms with E-state index in [4.69, 9.17) is 0 Å². The van der Waals surface area contributed by atoms with E-state index in [1.54, 1.807) is 0 Å². The van der Waals surface area contributed by atoms with Crippen LogP contribution in [-0.2, 0) is 0 Å². The summed E-state index contributed by atoms with van der Waals surface area (Å²) in [6.07, 6.45) is 5.81. The van der Waals surface area contributed by atoms with Gasteiger partial charge in [-0.25, -0.2) is 0 Å². The maximum absolute atomic E-state index is 3.76. The molecule has 2 unspecified atom stereocenters. The molecule has 0 aromatic carbocycles. The highest BCUT2D eigenvalue weighted by molar-refractivity contribution is 4.86. The first-order valence-electron chi connectivity index (χ1n) is 4.87. The van der Waals surface area contributed by atoms with E-state index in [0.717, 1.165) is 18.9 Å². The van der Waals surface area contributed by atoms with E-state index >= 15 is 0 Å². The van der Waals surface area contributed by atoms with Crippen LogP contribution in [0.15, 0.2) is 12.7 Å². The predicted octanol–water partition coefficient (Wildman–Crippen LogP) is 1.15. The van der Waals surface area contributed by atoms with E-state index in [-0.39, 0.29) is 0 Å². The molecular formula is C10H20N2. The zero-order valence-electron chi connectivity index (χ0n) is 7.97. The number of hydrogen-bond donors (Lipinski definition) is 2. The number of nitrogens with one attached hydrogen (secondary N) is 2. The van der Waals surface area contributed by atoms with Crippen molar-refractivity contribution in [2.24, 2.45) is 5.92 Å². The highest BCUT2D eigenvalue weighted by atomic mass is 15.0. The van der Waals surface area contributed by atoms with Gasteiger partial charge in [0.05, 0.1) is 0 Å². The van der Waals surface area contributed by atoms with Crippen molar-refractivity contribution in [2.45, 2.75) is 25.3 Å². The molecule has 0 amide bonds. The number of rotatable bonds is 5. The number of likely N-dealkylation sites (N-methyl/N-ethyl adjacent to an activating group) is 1. The Bertz CT molecular complexity index is 134. The average Bonchev–Trinajstić information content (AvgIpc) is 2.50. The van der Waals surface area contributed by atoms with Gasteiger partial charge in [-0.05, 0) is 38.8 Å². The fraction of sp³-hybridized carbons (Fsp3) is 0.800. The third kappa shape index (κ3) is 2.61. The molecule has 1 heterocycles. The average molecular weight is 168 g/mol. The van der Waals surface area contributed by atoms with Crippen LogP contribution in [0.1, 0.15) is 19.3 Å². The van der Waals surface area contributed by atoms with Gasteiger partial charge in [-0.1, -0.05) is 6.08 Å². The molecule has 0 saturated carbocycles. The molecule has 1 saturated heterocycles. The van der Waals surface area contributed by atoms with Crippen molar-refractivity contribution in [3.63, 3.8) is 0 Å². The first kappa shape index (κ1) is 9.75. The van der Waals surface area contributed by atoms with Gasteiger partial charge in [-0.2, -0.15) is 0 Å². The number of allylic oxidation sites excluding steroid dienone is 1. The fourth-order valence-electron chi connectivity index (χ4n) is 1.96. The summed E-state index contributed by atoms with van der Waals surface area (Å²) < 4.78 is 0. The van der Waals surface area contributed by atoms with E-state index in [0.29, 0.717) is 6.04 Å². The van der Waals surface area contributed by atoms with Gasteiger partial charge in [0.2, 0.25) is 0 Å². The van der Waals surface area contributed by atoms with Crippen LogP contribution in [0.3, 0.4) is 0 Å². The molecule has 0 aromatic rings. The van der Waals surface area contributed by atoms with Crippen LogP contribution in [0.2, 0.25) is 0 Å². The third-order valence-electron chi connectivity index (χ3n) is 2.66. The molecule has 2 nitrogen and oxygen atoms in total. The van der Waals surface area contributed by atoms with Crippen LogP contribution in [0, 0.1) is 5.92 Å². The van der Waals surface area contributed by atoms with E-state index in [1.807, 2.05) is 13.1 Å². The SMILES string of the molecule is C=CCCC1CCNC1CNC. The summed E-state index contributed by atoms with van der Waals surface area (Å²) in [5, 5.41) is 6.75. The Hall–Kier alpha value is -0.340. The molecule has 0 aliphatic carbocycles. The maximum Gasteiger partial charge on any atom is 0.0221 e. The largest absolute Gasteiger partial charge is 0.318 e. The van der Waals surface area contributed by atoms with Crippen LogP contribution in [0.5, 0.6) is 0 Å². The molecule has 0 spiro atoms. The topological polar surface area (TPSA) is 24.1 Å². The highest BCUT2D eigenvalue weighted by Crippen LogP contribution is 2.20. The van der Waals surface area contributed by atoms with E-state index in [1.165, 1.54) is 19.4 Å². The second kappa shape index (κ2) is 5.33. The van der Waals surface area contributed by atoms with Gasteiger partial charge in [0.1, 0.15) is 0 Å². The zero-order valence-corrected chi connectivity index (χ0v) is 7.97. The molecule has 0 aromatic heterocycles. The fourth-order valence-corrected chi connectivity index (χ4v) is 1.96. The molecule has 12 heavy (non-hydrogen) atoms. The Morgan fingerprint density at radius 3 is 3.17 bits per heavy atom. The Balaban J connectivity index is 2.25. The Kier molecular flexibility index (Phi) is 4.33. The predicted molar refractivity (Wildman–Crippen MR) is 53.3 cm³/mol. The summed E-state index contributed by atoms with van der Waals surface area (Å²) in [5.74, 6) is 0.857. The van der Waals surface area contributed by atoms with Crippen LogP contribution >= 0.6 is 0 Å². The van der Waals surface area contributed by atoms with E-state index < -0.39 is 0 Å². The molecule has 2 N–H and O–H groups in total. The van der Waals surface area contributed by atoms with Crippen molar-refractivity contribution in [3.8, 4) is 0 Å². The van der Waals surface area contributed by atoms with Crippen molar-refractivity contribution < 1.29 is 0 Å². The van der Waals surface area contributed by atoms with Gasteiger partial charge in [-0.3, -0.25) is 0 Å². The first-order valence-corrected chi connectivity index (χ1v) is 4.87. The van der Waals surface area contributed by atoms with Crippen molar-refractivity contribution in [2.75, 3.05) is 20.1 Å². The molecule has 2 heteroatoms. The van der Waals surface area contributed by atoms with Gasteiger partial charge in [-0.15, -0.1) is 6.58 Å².